The summed E-state index contributed by atoms with van der Waals surface area (Å²) in [5.41, 5.74) is 1.10. The van der Waals surface area contributed by atoms with E-state index >= 15 is 0 Å². The van der Waals surface area contributed by atoms with Crippen molar-refractivity contribution in [1.29, 1.82) is 0 Å². The average molecular weight is 324 g/mol. The number of aromatic nitrogens is 6. The van der Waals surface area contributed by atoms with E-state index < -0.39 is 0 Å². The SMILES string of the molecule is CC(C)(C)Cc1nc(Cc2ccccc2)n(C(=O)n2cncn2)n1. The maximum atomic E-state index is 12.6. The topological polar surface area (TPSA) is 78.5 Å². The van der Waals surface area contributed by atoms with E-state index in [-0.39, 0.29) is 11.4 Å². The summed E-state index contributed by atoms with van der Waals surface area (Å²) < 4.78 is 2.48. The molecule has 0 saturated heterocycles. The Hall–Kier alpha value is -2.83. The summed E-state index contributed by atoms with van der Waals surface area (Å²) >= 11 is 0. The third kappa shape index (κ3) is 3.73. The molecule has 0 amide bonds. The first-order valence-corrected chi connectivity index (χ1v) is 7.80. The van der Waals surface area contributed by atoms with Gasteiger partial charge in [-0.15, -0.1) is 5.10 Å². The predicted octanol–water partition coefficient (Wildman–Crippen LogP) is 2.57. The second-order valence-corrected chi connectivity index (χ2v) is 6.88. The number of rotatable bonds is 3. The largest absolute Gasteiger partial charge is 0.372 e. The van der Waals surface area contributed by atoms with Crippen molar-refractivity contribution < 1.29 is 4.79 Å². The summed E-state index contributed by atoms with van der Waals surface area (Å²) in [5, 5.41) is 8.31. The molecule has 1 aromatic carbocycles. The van der Waals surface area contributed by atoms with Crippen LogP contribution in [0.5, 0.6) is 0 Å². The highest BCUT2D eigenvalue weighted by atomic mass is 16.2. The van der Waals surface area contributed by atoms with Gasteiger partial charge in [0.25, 0.3) is 0 Å². The van der Waals surface area contributed by atoms with Crippen LogP contribution in [0.2, 0.25) is 0 Å². The molecule has 124 valence electrons. The van der Waals surface area contributed by atoms with Crippen LogP contribution in [0, 0.1) is 5.41 Å². The fraction of sp³-hybridized carbons (Fsp3) is 0.353. The van der Waals surface area contributed by atoms with Crippen molar-refractivity contribution in [2.24, 2.45) is 5.41 Å². The lowest BCUT2D eigenvalue weighted by atomic mass is 9.92. The molecule has 0 aliphatic heterocycles. The minimum Gasteiger partial charge on any atom is -0.243 e. The van der Waals surface area contributed by atoms with Crippen LogP contribution in [0.15, 0.2) is 43.0 Å². The molecular weight excluding hydrogens is 304 g/mol. The van der Waals surface area contributed by atoms with Crippen molar-refractivity contribution in [1.82, 2.24) is 29.5 Å². The minimum atomic E-state index is -0.383. The fourth-order valence-electron chi connectivity index (χ4n) is 2.39. The van der Waals surface area contributed by atoms with Gasteiger partial charge in [-0.3, -0.25) is 0 Å². The van der Waals surface area contributed by atoms with Gasteiger partial charge in [0.15, 0.2) is 5.82 Å². The Balaban J connectivity index is 1.96. The number of benzene rings is 1. The van der Waals surface area contributed by atoms with Crippen LogP contribution >= 0.6 is 0 Å². The van der Waals surface area contributed by atoms with Crippen LogP contribution in [0.1, 0.15) is 38.0 Å². The van der Waals surface area contributed by atoms with Gasteiger partial charge in [0.05, 0.1) is 0 Å². The lowest BCUT2D eigenvalue weighted by molar-refractivity contribution is 0.237. The minimum absolute atomic E-state index is 0.0342. The molecule has 2 aromatic heterocycles. The van der Waals surface area contributed by atoms with Gasteiger partial charge in [-0.05, 0) is 11.0 Å². The maximum Gasteiger partial charge on any atom is 0.372 e. The number of hydrogen-bond acceptors (Lipinski definition) is 5. The van der Waals surface area contributed by atoms with E-state index in [2.05, 4.69) is 40.9 Å². The number of nitrogens with zero attached hydrogens (tertiary/aromatic N) is 6. The molecule has 0 bridgehead atoms. The van der Waals surface area contributed by atoms with Crippen molar-refractivity contribution >= 4 is 6.03 Å². The summed E-state index contributed by atoms with van der Waals surface area (Å²) in [6, 6.07) is 9.51. The molecule has 0 N–H and O–H groups in total. The molecule has 3 rings (SSSR count). The first-order valence-electron chi connectivity index (χ1n) is 7.80. The van der Waals surface area contributed by atoms with Crippen LogP contribution in [-0.2, 0) is 12.8 Å². The van der Waals surface area contributed by atoms with E-state index in [0.29, 0.717) is 24.5 Å². The summed E-state index contributed by atoms with van der Waals surface area (Å²) in [6.07, 6.45) is 3.90. The van der Waals surface area contributed by atoms with E-state index in [1.165, 1.54) is 17.3 Å². The quantitative estimate of drug-likeness (QED) is 0.740. The molecule has 3 aromatic rings. The van der Waals surface area contributed by atoms with Crippen LogP contribution in [-0.4, -0.2) is 35.6 Å². The number of hydrogen-bond donors (Lipinski definition) is 0. The smallest absolute Gasteiger partial charge is 0.243 e. The molecule has 0 aliphatic rings. The Morgan fingerprint density at radius 1 is 1.17 bits per heavy atom. The third-order valence-corrected chi connectivity index (χ3v) is 3.41. The molecule has 0 aliphatic carbocycles. The van der Waals surface area contributed by atoms with E-state index in [0.717, 1.165) is 10.2 Å². The van der Waals surface area contributed by atoms with Crippen molar-refractivity contribution in [2.75, 3.05) is 0 Å². The molecule has 24 heavy (non-hydrogen) atoms. The Morgan fingerprint density at radius 2 is 1.92 bits per heavy atom. The standard InChI is InChI=1S/C17H20N6O/c1-17(2,3)10-14-20-15(9-13-7-5-4-6-8-13)23(21-14)16(24)22-12-18-11-19-22/h4-8,11-12H,9-10H2,1-3H3. The van der Waals surface area contributed by atoms with Crippen LogP contribution in [0.3, 0.4) is 0 Å². The summed E-state index contributed by atoms with van der Waals surface area (Å²) in [5.74, 6) is 1.25. The molecule has 0 atom stereocenters. The second-order valence-electron chi connectivity index (χ2n) is 6.88. The van der Waals surface area contributed by atoms with E-state index in [4.69, 9.17) is 0 Å². The van der Waals surface area contributed by atoms with Gasteiger partial charge in [-0.1, -0.05) is 51.1 Å². The summed E-state index contributed by atoms with van der Waals surface area (Å²) in [7, 11) is 0. The molecular formula is C17H20N6O. The van der Waals surface area contributed by atoms with Gasteiger partial charge in [-0.2, -0.15) is 14.5 Å². The van der Waals surface area contributed by atoms with E-state index in [1.807, 2.05) is 30.3 Å². The van der Waals surface area contributed by atoms with Crippen molar-refractivity contribution in [3.8, 4) is 0 Å². The van der Waals surface area contributed by atoms with Crippen molar-refractivity contribution in [3.63, 3.8) is 0 Å². The molecule has 0 radical (unpaired) electrons. The normalized spacial score (nSPS) is 11.6. The molecule has 0 spiro atoms. The van der Waals surface area contributed by atoms with Gasteiger partial charge in [-0.25, -0.2) is 14.8 Å². The van der Waals surface area contributed by atoms with Gasteiger partial charge < -0.3 is 0 Å². The first kappa shape index (κ1) is 16.0. The Bertz CT molecular complexity index is 815. The Labute approximate surface area is 140 Å². The fourth-order valence-corrected chi connectivity index (χ4v) is 2.39. The highest BCUT2D eigenvalue weighted by Crippen LogP contribution is 2.19. The zero-order valence-electron chi connectivity index (χ0n) is 14.0. The Morgan fingerprint density at radius 3 is 2.54 bits per heavy atom. The highest BCUT2D eigenvalue weighted by molar-refractivity contribution is 5.77. The zero-order valence-corrected chi connectivity index (χ0v) is 14.0. The van der Waals surface area contributed by atoms with Gasteiger partial charge in [0.1, 0.15) is 18.5 Å². The number of carbonyl (C=O) groups is 1. The summed E-state index contributed by atoms with van der Waals surface area (Å²) in [4.78, 5) is 21.0. The summed E-state index contributed by atoms with van der Waals surface area (Å²) in [6.45, 7) is 6.34. The second kappa shape index (κ2) is 6.35. The number of carbonyl (C=O) groups excluding carboxylic acids is 1. The van der Waals surface area contributed by atoms with Crippen LogP contribution in [0.4, 0.5) is 4.79 Å². The van der Waals surface area contributed by atoms with Gasteiger partial charge >= 0.3 is 6.03 Å². The average Bonchev–Trinajstić information content (AvgIpc) is 3.16. The lowest BCUT2D eigenvalue weighted by Gasteiger charge is -2.14. The molecule has 0 saturated carbocycles. The third-order valence-electron chi connectivity index (χ3n) is 3.41. The predicted molar refractivity (Wildman–Crippen MR) is 88.6 cm³/mol. The van der Waals surface area contributed by atoms with Gasteiger partial charge in [0, 0.05) is 12.8 Å². The monoisotopic (exact) mass is 324 g/mol. The Kier molecular flexibility index (Phi) is 4.24. The zero-order chi connectivity index (χ0) is 17.2. The van der Waals surface area contributed by atoms with Crippen LogP contribution in [0.25, 0.3) is 0 Å². The van der Waals surface area contributed by atoms with Crippen molar-refractivity contribution in [2.45, 2.75) is 33.6 Å². The maximum absolute atomic E-state index is 12.6. The molecule has 2 heterocycles. The molecule has 0 fully saturated rings. The van der Waals surface area contributed by atoms with Crippen molar-refractivity contribution in [3.05, 3.63) is 60.2 Å². The first-order chi connectivity index (χ1) is 11.4. The molecule has 7 nitrogen and oxygen atoms in total. The molecule has 7 heteroatoms. The van der Waals surface area contributed by atoms with E-state index in [9.17, 15) is 4.79 Å². The van der Waals surface area contributed by atoms with Crippen LogP contribution < -0.4 is 0 Å². The highest BCUT2D eigenvalue weighted by Gasteiger charge is 2.21. The van der Waals surface area contributed by atoms with Gasteiger partial charge in [0.2, 0.25) is 0 Å². The molecule has 0 unspecified atom stereocenters. The lowest BCUT2D eigenvalue weighted by Crippen LogP contribution is -2.23. The van der Waals surface area contributed by atoms with E-state index in [1.54, 1.807) is 0 Å².